The molecule has 1 aromatic rings. The van der Waals surface area contributed by atoms with Crippen molar-refractivity contribution in [3.05, 3.63) is 35.9 Å². The van der Waals surface area contributed by atoms with Crippen LogP contribution in [0.15, 0.2) is 30.3 Å². The Balaban J connectivity index is 2.31. The average Bonchev–Trinajstić information content (AvgIpc) is 2.24. The second-order valence-electron chi connectivity index (χ2n) is 3.07. The standard InChI is InChI=1S/C9H12N2O4S/c12-9(11-7-16(13,14)15)10-6-8-4-2-1-3-5-8/h1-5H,6-7H2,(H2,10,11,12)(H,13,14,15). The zero-order valence-corrected chi connectivity index (χ0v) is 9.20. The quantitative estimate of drug-likeness (QED) is 0.665. The zero-order chi connectivity index (χ0) is 12.0. The van der Waals surface area contributed by atoms with Crippen molar-refractivity contribution in [2.24, 2.45) is 0 Å². The summed E-state index contributed by atoms with van der Waals surface area (Å²) in [4.78, 5) is 11.1. The van der Waals surface area contributed by atoms with Gasteiger partial charge < -0.3 is 10.6 Å². The van der Waals surface area contributed by atoms with E-state index >= 15 is 0 Å². The van der Waals surface area contributed by atoms with Crippen molar-refractivity contribution >= 4 is 16.1 Å². The summed E-state index contributed by atoms with van der Waals surface area (Å²) in [6.45, 7) is 0.290. The minimum atomic E-state index is -4.17. The average molecular weight is 244 g/mol. The lowest BCUT2D eigenvalue weighted by molar-refractivity contribution is 0.241. The van der Waals surface area contributed by atoms with Crippen molar-refractivity contribution in [2.45, 2.75) is 6.54 Å². The van der Waals surface area contributed by atoms with Crippen LogP contribution in [0.25, 0.3) is 0 Å². The molecule has 88 valence electrons. The molecule has 0 radical (unpaired) electrons. The van der Waals surface area contributed by atoms with Gasteiger partial charge in [-0.1, -0.05) is 30.3 Å². The van der Waals surface area contributed by atoms with Gasteiger partial charge >= 0.3 is 6.03 Å². The second kappa shape index (κ2) is 5.47. The molecule has 0 heterocycles. The number of hydrogen-bond donors (Lipinski definition) is 3. The summed E-state index contributed by atoms with van der Waals surface area (Å²) in [6, 6.07) is 8.50. The highest BCUT2D eigenvalue weighted by Gasteiger charge is 2.06. The Bertz CT molecular complexity index is 444. The van der Waals surface area contributed by atoms with E-state index in [2.05, 4.69) is 5.32 Å². The van der Waals surface area contributed by atoms with Gasteiger partial charge in [0.25, 0.3) is 10.1 Å². The summed E-state index contributed by atoms with van der Waals surface area (Å²) in [5.41, 5.74) is 0.893. The monoisotopic (exact) mass is 244 g/mol. The Labute approximate surface area is 93.4 Å². The number of carbonyl (C=O) groups is 1. The molecule has 0 spiro atoms. The first kappa shape index (κ1) is 12.5. The minimum absolute atomic E-state index is 0.290. The van der Waals surface area contributed by atoms with Crippen LogP contribution in [0.1, 0.15) is 5.56 Å². The van der Waals surface area contributed by atoms with Crippen LogP contribution in [0.5, 0.6) is 0 Å². The SMILES string of the molecule is O=C(NCc1ccccc1)NCS(=O)(=O)O. The van der Waals surface area contributed by atoms with Gasteiger partial charge in [-0.2, -0.15) is 8.42 Å². The van der Waals surface area contributed by atoms with Crippen LogP contribution in [0, 0.1) is 0 Å². The van der Waals surface area contributed by atoms with Crippen LogP contribution in [0.3, 0.4) is 0 Å². The molecule has 16 heavy (non-hydrogen) atoms. The minimum Gasteiger partial charge on any atom is -0.334 e. The zero-order valence-electron chi connectivity index (χ0n) is 8.38. The summed E-state index contributed by atoms with van der Waals surface area (Å²) in [6.07, 6.45) is 0. The normalized spacial score (nSPS) is 10.8. The lowest BCUT2D eigenvalue weighted by Gasteiger charge is -2.05. The maximum atomic E-state index is 11.1. The van der Waals surface area contributed by atoms with Gasteiger partial charge in [-0.15, -0.1) is 0 Å². The fraction of sp³-hybridized carbons (Fsp3) is 0.222. The number of rotatable bonds is 4. The fourth-order valence-electron chi connectivity index (χ4n) is 0.997. The second-order valence-corrected chi connectivity index (χ2v) is 4.52. The van der Waals surface area contributed by atoms with Crippen LogP contribution in [0.2, 0.25) is 0 Å². The Morgan fingerprint density at radius 3 is 2.38 bits per heavy atom. The van der Waals surface area contributed by atoms with Crippen LogP contribution in [0.4, 0.5) is 4.79 Å². The van der Waals surface area contributed by atoms with E-state index in [1.807, 2.05) is 35.6 Å². The van der Waals surface area contributed by atoms with Crippen molar-refractivity contribution in [3.8, 4) is 0 Å². The number of nitrogens with one attached hydrogen (secondary N) is 2. The van der Waals surface area contributed by atoms with Crippen molar-refractivity contribution in [1.82, 2.24) is 10.6 Å². The lowest BCUT2D eigenvalue weighted by atomic mass is 10.2. The van der Waals surface area contributed by atoms with Gasteiger partial charge in [0.15, 0.2) is 0 Å². The Morgan fingerprint density at radius 1 is 1.19 bits per heavy atom. The molecule has 6 nitrogen and oxygen atoms in total. The van der Waals surface area contributed by atoms with Crippen LogP contribution in [-0.4, -0.2) is 24.9 Å². The van der Waals surface area contributed by atoms with E-state index in [1.54, 1.807) is 0 Å². The predicted octanol–water partition coefficient (Wildman–Crippen LogP) is 0.331. The fourth-order valence-corrected chi connectivity index (χ4v) is 1.31. The molecular formula is C9H12N2O4S. The maximum Gasteiger partial charge on any atom is 0.315 e. The van der Waals surface area contributed by atoms with E-state index in [9.17, 15) is 13.2 Å². The third-order valence-corrected chi connectivity index (χ3v) is 2.22. The van der Waals surface area contributed by atoms with E-state index in [0.29, 0.717) is 0 Å². The predicted molar refractivity (Wildman–Crippen MR) is 58.2 cm³/mol. The molecule has 7 heteroatoms. The van der Waals surface area contributed by atoms with Crippen molar-refractivity contribution in [2.75, 3.05) is 5.88 Å². The Hall–Kier alpha value is -1.60. The highest BCUT2D eigenvalue weighted by Crippen LogP contribution is 1.96. The summed E-state index contributed by atoms with van der Waals surface area (Å²) in [5, 5.41) is 4.45. The van der Waals surface area contributed by atoms with Crippen molar-refractivity contribution < 1.29 is 17.8 Å². The van der Waals surface area contributed by atoms with Gasteiger partial charge in [0.05, 0.1) is 0 Å². The molecule has 0 fully saturated rings. The molecule has 1 aromatic carbocycles. The molecular weight excluding hydrogens is 232 g/mol. The topological polar surface area (TPSA) is 95.5 Å². The number of carbonyl (C=O) groups excluding carboxylic acids is 1. The molecule has 0 aromatic heterocycles. The Kier molecular flexibility index (Phi) is 4.27. The molecule has 0 atom stereocenters. The molecule has 0 aliphatic heterocycles. The van der Waals surface area contributed by atoms with E-state index in [-0.39, 0.29) is 6.54 Å². The van der Waals surface area contributed by atoms with Gasteiger partial charge in [0.1, 0.15) is 5.88 Å². The summed E-state index contributed by atoms with van der Waals surface area (Å²) in [5.74, 6) is -0.798. The first-order valence-electron chi connectivity index (χ1n) is 4.48. The van der Waals surface area contributed by atoms with Crippen LogP contribution in [-0.2, 0) is 16.7 Å². The van der Waals surface area contributed by atoms with Gasteiger partial charge in [-0.05, 0) is 5.56 Å². The highest BCUT2D eigenvalue weighted by atomic mass is 32.2. The van der Waals surface area contributed by atoms with Crippen molar-refractivity contribution in [3.63, 3.8) is 0 Å². The first-order valence-corrected chi connectivity index (χ1v) is 6.09. The third kappa shape index (κ3) is 5.32. The molecule has 0 bridgehead atoms. The number of hydrogen-bond acceptors (Lipinski definition) is 3. The summed E-state index contributed by atoms with van der Waals surface area (Å²) < 4.78 is 29.0. The van der Waals surface area contributed by atoms with E-state index in [1.165, 1.54) is 0 Å². The third-order valence-electron chi connectivity index (χ3n) is 1.71. The molecule has 0 unspecified atom stereocenters. The Morgan fingerprint density at radius 2 is 1.81 bits per heavy atom. The van der Waals surface area contributed by atoms with E-state index < -0.39 is 22.0 Å². The molecule has 0 aliphatic rings. The van der Waals surface area contributed by atoms with Gasteiger partial charge in [-0.25, -0.2) is 4.79 Å². The number of urea groups is 1. The molecule has 0 saturated heterocycles. The van der Waals surface area contributed by atoms with Gasteiger partial charge in [0.2, 0.25) is 0 Å². The first-order chi connectivity index (χ1) is 7.47. The molecule has 0 aliphatic carbocycles. The summed E-state index contributed by atoms with van der Waals surface area (Å²) in [7, 11) is -4.17. The maximum absolute atomic E-state index is 11.1. The van der Waals surface area contributed by atoms with Gasteiger partial charge in [-0.3, -0.25) is 4.55 Å². The van der Waals surface area contributed by atoms with Crippen LogP contribution >= 0.6 is 0 Å². The molecule has 0 saturated carbocycles. The van der Waals surface area contributed by atoms with E-state index in [4.69, 9.17) is 4.55 Å². The largest absolute Gasteiger partial charge is 0.334 e. The smallest absolute Gasteiger partial charge is 0.315 e. The summed E-state index contributed by atoms with van der Waals surface area (Å²) >= 11 is 0. The van der Waals surface area contributed by atoms with Crippen LogP contribution < -0.4 is 10.6 Å². The van der Waals surface area contributed by atoms with Crippen molar-refractivity contribution in [1.29, 1.82) is 0 Å². The van der Waals surface area contributed by atoms with Gasteiger partial charge in [0, 0.05) is 6.54 Å². The van der Waals surface area contributed by atoms with E-state index in [0.717, 1.165) is 5.56 Å². The lowest BCUT2D eigenvalue weighted by Crippen LogP contribution is -2.37. The number of amides is 2. The highest BCUT2D eigenvalue weighted by molar-refractivity contribution is 7.85. The molecule has 3 N–H and O–H groups in total. The molecule has 1 rings (SSSR count). The molecule has 2 amide bonds. The number of benzene rings is 1.